The van der Waals surface area contributed by atoms with Gasteiger partial charge < -0.3 is 19.9 Å². The summed E-state index contributed by atoms with van der Waals surface area (Å²) in [5, 5.41) is 2.98. The molecule has 0 aromatic rings. The van der Waals surface area contributed by atoms with Crippen molar-refractivity contribution >= 4 is 11.9 Å². The fourth-order valence-corrected chi connectivity index (χ4v) is 4.80. The average molecular weight is 380 g/mol. The number of likely N-dealkylation sites (tertiary alicyclic amines) is 2. The minimum Gasteiger partial charge on any atom is -0.375 e. The maximum atomic E-state index is 12.8. The van der Waals surface area contributed by atoms with Gasteiger partial charge in [0.25, 0.3) is 0 Å². The zero-order valence-electron chi connectivity index (χ0n) is 17.2. The Balaban J connectivity index is 1.49. The van der Waals surface area contributed by atoms with E-state index in [0.717, 1.165) is 71.3 Å². The molecule has 3 aliphatic rings. The molecule has 154 valence electrons. The number of urea groups is 1. The van der Waals surface area contributed by atoms with Crippen LogP contribution in [0.4, 0.5) is 4.79 Å². The van der Waals surface area contributed by atoms with Gasteiger partial charge in [0.15, 0.2) is 0 Å². The van der Waals surface area contributed by atoms with Gasteiger partial charge in [0, 0.05) is 45.2 Å². The topological polar surface area (TPSA) is 61.9 Å². The van der Waals surface area contributed by atoms with Crippen LogP contribution in [0.2, 0.25) is 0 Å². The van der Waals surface area contributed by atoms with Crippen LogP contribution in [0, 0.1) is 5.92 Å². The van der Waals surface area contributed by atoms with E-state index < -0.39 is 0 Å². The molecule has 1 atom stereocenters. The number of hydrogen-bond donors (Lipinski definition) is 1. The molecule has 1 unspecified atom stereocenters. The largest absolute Gasteiger partial charge is 0.375 e. The first kappa shape index (κ1) is 20.4. The fourth-order valence-electron chi connectivity index (χ4n) is 4.80. The maximum Gasteiger partial charge on any atom is 0.317 e. The molecule has 0 saturated carbocycles. The SMILES string of the molecule is CC(C)NC(=O)N1CCC2(CC1)CC(CC(=O)N1CCCCCC1)CCO2. The number of piperidine rings is 1. The predicted octanol–water partition coefficient (Wildman–Crippen LogP) is 3.16. The van der Waals surface area contributed by atoms with Gasteiger partial charge in [-0.05, 0) is 58.3 Å². The van der Waals surface area contributed by atoms with Gasteiger partial charge in [0.05, 0.1) is 5.60 Å². The number of carbonyl (C=O) groups excluding carboxylic acids is 2. The molecule has 0 aromatic carbocycles. The number of rotatable bonds is 3. The lowest BCUT2D eigenvalue weighted by atomic mass is 9.78. The minimum absolute atomic E-state index is 0.0311. The van der Waals surface area contributed by atoms with Crippen LogP contribution in [-0.4, -0.2) is 66.2 Å². The van der Waals surface area contributed by atoms with Crippen LogP contribution < -0.4 is 5.32 Å². The molecule has 0 radical (unpaired) electrons. The van der Waals surface area contributed by atoms with E-state index >= 15 is 0 Å². The number of carbonyl (C=O) groups is 2. The van der Waals surface area contributed by atoms with E-state index in [1.165, 1.54) is 12.8 Å². The van der Waals surface area contributed by atoms with Crippen molar-refractivity contribution in [2.75, 3.05) is 32.8 Å². The van der Waals surface area contributed by atoms with Crippen LogP contribution in [0.25, 0.3) is 0 Å². The summed E-state index contributed by atoms with van der Waals surface area (Å²) in [4.78, 5) is 29.0. The number of ether oxygens (including phenoxy) is 1. The summed E-state index contributed by atoms with van der Waals surface area (Å²) < 4.78 is 6.21. The van der Waals surface area contributed by atoms with Crippen LogP contribution in [0.15, 0.2) is 0 Å². The zero-order chi connectivity index (χ0) is 19.3. The lowest BCUT2D eigenvalue weighted by Crippen LogP contribution is -2.53. The highest BCUT2D eigenvalue weighted by atomic mass is 16.5. The summed E-state index contributed by atoms with van der Waals surface area (Å²) in [6.07, 6.45) is 9.19. The second kappa shape index (κ2) is 9.26. The summed E-state index contributed by atoms with van der Waals surface area (Å²) in [7, 11) is 0. The molecular weight excluding hydrogens is 342 g/mol. The molecule has 3 fully saturated rings. The Kier molecular flexibility index (Phi) is 7.01. The molecule has 0 aromatic heterocycles. The van der Waals surface area contributed by atoms with E-state index in [9.17, 15) is 9.59 Å². The number of nitrogens with one attached hydrogen (secondary N) is 1. The highest BCUT2D eigenvalue weighted by Gasteiger charge is 2.41. The molecule has 3 aliphatic heterocycles. The quantitative estimate of drug-likeness (QED) is 0.819. The molecule has 6 nitrogen and oxygen atoms in total. The van der Waals surface area contributed by atoms with Crippen molar-refractivity contribution < 1.29 is 14.3 Å². The Morgan fingerprint density at radius 2 is 1.70 bits per heavy atom. The Labute approximate surface area is 164 Å². The second-order valence-electron chi connectivity index (χ2n) is 8.98. The van der Waals surface area contributed by atoms with Gasteiger partial charge in [0.2, 0.25) is 5.91 Å². The molecule has 3 heterocycles. The van der Waals surface area contributed by atoms with Crippen LogP contribution >= 0.6 is 0 Å². The van der Waals surface area contributed by atoms with Crippen LogP contribution in [0.1, 0.15) is 71.6 Å². The monoisotopic (exact) mass is 379 g/mol. The van der Waals surface area contributed by atoms with Crippen molar-refractivity contribution in [1.82, 2.24) is 15.1 Å². The van der Waals surface area contributed by atoms with Crippen molar-refractivity contribution in [2.45, 2.75) is 83.3 Å². The van der Waals surface area contributed by atoms with E-state index in [0.29, 0.717) is 18.2 Å². The smallest absolute Gasteiger partial charge is 0.317 e. The summed E-state index contributed by atoms with van der Waals surface area (Å²) in [6.45, 7) is 8.08. The van der Waals surface area contributed by atoms with Gasteiger partial charge in [-0.3, -0.25) is 4.79 Å². The third-order valence-electron chi connectivity index (χ3n) is 6.39. The molecular formula is C21H37N3O3. The van der Waals surface area contributed by atoms with Gasteiger partial charge in [0.1, 0.15) is 0 Å². The average Bonchev–Trinajstić information content (AvgIpc) is 2.91. The van der Waals surface area contributed by atoms with Crippen molar-refractivity contribution in [3.8, 4) is 0 Å². The molecule has 1 N–H and O–H groups in total. The van der Waals surface area contributed by atoms with E-state index in [2.05, 4.69) is 10.2 Å². The molecule has 27 heavy (non-hydrogen) atoms. The summed E-state index contributed by atoms with van der Waals surface area (Å²) in [6, 6.07) is 0.192. The first-order valence-electron chi connectivity index (χ1n) is 10.9. The van der Waals surface area contributed by atoms with Gasteiger partial charge in [-0.25, -0.2) is 4.79 Å². The minimum atomic E-state index is -0.128. The number of amides is 3. The van der Waals surface area contributed by atoms with Gasteiger partial charge >= 0.3 is 6.03 Å². The van der Waals surface area contributed by atoms with Crippen molar-refractivity contribution in [3.05, 3.63) is 0 Å². The summed E-state index contributed by atoms with van der Waals surface area (Å²) in [5.41, 5.74) is -0.128. The first-order valence-corrected chi connectivity index (χ1v) is 10.9. The Hall–Kier alpha value is -1.30. The van der Waals surface area contributed by atoms with Crippen LogP contribution in [0.5, 0.6) is 0 Å². The molecule has 6 heteroatoms. The van der Waals surface area contributed by atoms with Crippen molar-refractivity contribution in [3.63, 3.8) is 0 Å². The van der Waals surface area contributed by atoms with Crippen molar-refractivity contribution in [2.24, 2.45) is 5.92 Å². The standard InChI is InChI=1S/C21H37N3O3/c1-17(2)22-20(26)24-12-8-21(9-13-24)16-18(7-14-27-21)15-19(25)23-10-5-3-4-6-11-23/h17-18H,3-16H2,1-2H3,(H,22,26). The normalized spacial score (nSPS) is 26.1. The molecule has 3 saturated heterocycles. The van der Waals surface area contributed by atoms with Crippen LogP contribution in [-0.2, 0) is 9.53 Å². The lowest BCUT2D eigenvalue weighted by Gasteiger charge is -2.46. The number of hydrogen-bond acceptors (Lipinski definition) is 3. The van der Waals surface area contributed by atoms with Gasteiger partial charge in [-0.2, -0.15) is 0 Å². The zero-order valence-corrected chi connectivity index (χ0v) is 17.2. The van der Waals surface area contributed by atoms with E-state index in [1.807, 2.05) is 18.7 Å². The summed E-state index contributed by atoms with van der Waals surface area (Å²) in [5.74, 6) is 0.762. The lowest BCUT2D eigenvalue weighted by molar-refractivity contribution is -0.140. The molecule has 0 aliphatic carbocycles. The molecule has 3 amide bonds. The van der Waals surface area contributed by atoms with E-state index in [-0.39, 0.29) is 17.7 Å². The predicted molar refractivity (Wildman–Crippen MR) is 106 cm³/mol. The molecule has 0 bridgehead atoms. The molecule has 3 rings (SSSR count). The Morgan fingerprint density at radius 3 is 2.33 bits per heavy atom. The second-order valence-corrected chi connectivity index (χ2v) is 8.98. The maximum absolute atomic E-state index is 12.8. The summed E-state index contributed by atoms with van der Waals surface area (Å²) >= 11 is 0. The van der Waals surface area contributed by atoms with Crippen molar-refractivity contribution in [1.29, 1.82) is 0 Å². The van der Waals surface area contributed by atoms with Gasteiger partial charge in [-0.15, -0.1) is 0 Å². The Morgan fingerprint density at radius 1 is 1.04 bits per heavy atom. The molecule has 1 spiro atoms. The van der Waals surface area contributed by atoms with E-state index in [4.69, 9.17) is 4.74 Å². The highest BCUT2D eigenvalue weighted by molar-refractivity contribution is 5.76. The number of nitrogens with zero attached hydrogens (tertiary/aromatic N) is 2. The van der Waals surface area contributed by atoms with Crippen LogP contribution in [0.3, 0.4) is 0 Å². The van der Waals surface area contributed by atoms with E-state index in [1.54, 1.807) is 0 Å². The fraction of sp³-hybridized carbons (Fsp3) is 0.905. The highest BCUT2D eigenvalue weighted by Crippen LogP contribution is 2.39. The third kappa shape index (κ3) is 5.59. The Bertz CT molecular complexity index is 507. The third-order valence-corrected chi connectivity index (χ3v) is 6.39. The van der Waals surface area contributed by atoms with Gasteiger partial charge in [-0.1, -0.05) is 12.8 Å². The first-order chi connectivity index (χ1) is 13.0.